The fraction of sp³-hybridized carbons (Fsp3) is 0.294. The number of hydrogen-bond acceptors (Lipinski definition) is 1. The van der Waals surface area contributed by atoms with Crippen molar-refractivity contribution in [3.63, 3.8) is 0 Å². The molecule has 0 spiro atoms. The van der Waals surface area contributed by atoms with Crippen molar-refractivity contribution in [2.75, 3.05) is 5.32 Å². The van der Waals surface area contributed by atoms with Crippen LogP contribution in [0.3, 0.4) is 0 Å². The van der Waals surface area contributed by atoms with E-state index in [2.05, 4.69) is 39.4 Å². The van der Waals surface area contributed by atoms with Crippen LogP contribution in [0.15, 0.2) is 40.9 Å². The van der Waals surface area contributed by atoms with Crippen LogP contribution >= 0.6 is 15.9 Å². The van der Waals surface area contributed by atoms with Gasteiger partial charge in [-0.3, -0.25) is 0 Å². The quantitative estimate of drug-likeness (QED) is 0.826. The second-order valence-electron chi connectivity index (χ2n) is 5.46. The molecule has 0 saturated heterocycles. The number of hydrogen-bond donors (Lipinski definition) is 1. The zero-order chi connectivity index (χ0) is 14.1. The molecular formula is C17H17BrFN. The molecule has 0 aliphatic heterocycles. The molecule has 1 unspecified atom stereocenters. The number of fused-ring (bicyclic) bond motifs is 1. The van der Waals surface area contributed by atoms with Gasteiger partial charge < -0.3 is 5.32 Å². The highest BCUT2D eigenvalue weighted by atomic mass is 79.9. The third-order valence-corrected chi connectivity index (χ3v) is 4.45. The minimum atomic E-state index is -0.182. The SMILES string of the molecule is Cc1ccc(F)cc1NC1CCc2cc(Br)ccc2C1. The number of anilines is 1. The summed E-state index contributed by atoms with van der Waals surface area (Å²) < 4.78 is 14.5. The fourth-order valence-corrected chi connectivity index (χ4v) is 3.22. The number of benzene rings is 2. The Kier molecular flexibility index (Phi) is 3.79. The minimum absolute atomic E-state index is 0.182. The average molecular weight is 334 g/mol. The van der Waals surface area contributed by atoms with E-state index in [4.69, 9.17) is 0 Å². The number of nitrogens with one attached hydrogen (secondary N) is 1. The first-order valence-electron chi connectivity index (χ1n) is 6.92. The van der Waals surface area contributed by atoms with E-state index in [9.17, 15) is 4.39 Å². The maximum atomic E-state index is 13.3. The van der Waals surface area contributed by atoms with Gasteiger partial charge in [0.2, 0.25) is 0 Å². The normalized spacial score (nSPS) is 17.6. The van der Waals surface area contributed by atoms with Crippen LogP contribution in [-0.2, 0) is 12.8 Å². The molecule has 20 heavy (non-hydrogen) atoms. The molecule has 2 aromatic rings. The molecule has 0 bridgehead atoms. The summed E-state index contributed by atoms with van der Waals surface area (Å²) in [5.74, 6) is -0.182. The van der Waals surface area contributed by atoms with Gasteiger partial charge in [-0.25, -0.2) is 4.39 Å². The molecule has 0 amide bonds. The maximum absolute atomic E-state index is 13.3. The summed E-state index contributed by atoms with van der Waals surface area (Å²) in [7, 11) is 0. The van der Waals surface area contributed by atoms with Crippen molar-refractivity contribution < 1.29 is 4.39 Å². The Morgan fingerprint density at radius 1 is 1.15 bits per heavy atom. The monoisotopic (exact) mass is 333 g/mol. The van der Waals surface area contributed by atoms with Crippen LogP contribution in [-0.4, -0.2) is 6.04 Å². The molecule has 1 aliphatic carbocycles. The Balaban J connectivity index is 1.77. The van der Waals surface area contributed by atoms with Gasteiger partial charge in [-0.05, 0) is 67.1 Å². The van der Waals surface area contributed by atoms with Crippen LogP contribution < -0.4 is 5.32 Å². The van der Waals surface area contributed by atoms with Gasteiger partial charge in [-0.15, -0.1) is 0 Å². The van der Waals surface area contributed by atoms with Gasteiger partial charge in [0.05, 0.1) is 0 Å². The molecule has 0 fully saturated rings. The molecule has 3 rings (SSSR count). The van der Waals surface area contributed by atoms with E-state index >= 15 is 0 Å². The van der Waals surface area contributed by atoms with Crippen molar-refractivity contribution in [2.24, 2.45) is 0 Å². The van der Waals surface area contributed by atoms with Gasteiger partial charge in [-0.1, -0.05) is 28.1 Å². The third-order valence-electron chi connectivity index (χ3n) is 3.96. The van der Waals surface area contributed by atoms with Gasteiger partial charge >= 0.3 is 0 Å². The van der Waals surface area contributed by atoms with E-state index in [1.54, 1.807) is 6.07 Å². The van der Waals surface area contributed by atoms with E-state index in [0.29, 0.717) is 6.04 Å². The van der Waals surface area contributed by atoms with Crippen LogP contribution in [0, 0.1) is 12.7 Å². The predicted octanol–water partition coefficient (Wildman–Crippen LogP) is 4.87. The van der Waals surface area contributed by atoms with Gasteiger partial charge in [0, 0.05) is 16.2 Å². The highest BCUT2D eigenvalue weighted by Gasteiger charge is 2.19. The molecular weight excluding hydrogens is 317 g/mol. The van der Waals surface area contributed by atoms with Crippen LogP contribution in [0.2, 0.25) is 0 Å². The number of rotatable bonds is 2. The van der Waals surface area contributed by atoms with Crippen molar-refractivity contribution in [1.82, 2.24) is 0 Å². The number of halogens is 2. The Bertz CT molecular complexity index is 639. The molecule has 104 valence electrons. The zero-order valence-corrected chi connectivity index (χ0v) is 13.0. The lowest BCUT2D eigenvalue weighted by molar-refractivity contribution is 0.605. The summed E-state index contributed by atoms with van der Waals surface area (Å²) in [4.78, 5) is 0. The van der Waals surface area contributed by atoms with Crippen molar-refractivity contribution in [3.05, 3.63) is 63.4 Å². The molecule has 0 radical (unpaired) electrons. The molecule has 3 heteroatoms. The second-order valence-corrected chi connectivity index (χ2v) is 6.37. The molecule has 0 heterocycles. The Morgan fingerprint density at radius 2 is 2.00 bits per heavy atom. The first-order valence-corrected chi connectivity index (χ1v) is 7.71. The topological polar surface area (TPSA) is 12.0 Å². The summed E-state index contributed by atoms with van der Waals surface area (Å²) in [5, 5.41) is 3.49. The van der Waals surface area contributed by atoms with Crippen molar-refractivity contribution in [2.45, 2.75) is 32.2 Å². The molecule has 1 atom stereocenters. The molecule has 0 aromatic heterocycles. The molecule has 0 saturated carbocycles. The van der Waals surface area contributed by atoms with E-state index in [0.717, 1.165) is 35.0 Å². The van der Waals surface area contributed by atoms with E-state index in [-0.39, 0.29) is 5.82 Å². The summed E-state index contributed by atoms with van der Waals surface area (Å²) in [6, 6.07) is 11.8. The Labute approximate surface area is 127 Å². The smallest absolute Gasteiger partial charge is 0.125 e. The van der Waals surface area contributed by atoms with Gasteiger partial charge in [-0.2, -0.15) is 0 Å². The Morgan fingerprint density at radius 3 is 2.85 bits per heavy atom. The standard InChI is InChI=1S/C17H17BrFN/c1-11-2-6-15(19)10-17(11)20-16-7-4-12-8-14(18)5-3-13(12)9-16/h2-3,5-6,8,10,16,20H,4,7,9H2,1H3. The average Bonchev–Trinajstić information content (AvgIpc) is 2.43. The van der Waals surface area contributed by atoms with Crippen LogP contribution in [0.5, 0.6) is 0 Å². The van der Waals surface area contributed by atoms with Crippen LogP contribution in [0.1, 0.15) is 23.1 Å². The lowest BCUT2D eigenvalue weighted by Gasteiger charge is -2.27. The maximum Gasteiger partial charge on any atom is 0.125 e. The largest absolute Gasteiger partial charge is 0.382 e. The summed E-state index contributed by atoms with van der Waals surface area (Å²) in [5.41, 5.74) is 4.82. The summed E-state index contributed by atoms with van der Waals surface area (Å²) >= 11 is 3.52. The third kappa shape index (κ3) is 2.88. The van der Waals surface area contributed by atoms with Crippen molar-refractivity contribution in [1.29, 1.82) is 0 Å². The van der Waals surface area contributed by atoms with E-state index in [1.165, 1.54) is 17.2 Å². The number of aryl methyl sites for hydroxylation is 2. The molecule has 1 N–H and O–H groups in total. The lowest BCUT2D eigenvalue weighted by Crippen LogP contribution is -2.27. The van der Waals surface area contributed by atoms with Gasteiger partial charge in [0.1, 0.15) is 5.82 Å². The van der Waals surface area contributed by atoms with Gasteiger partial charge in [0.15, 0.2) is 0 Å². The molecule has 1 aliphatic rings. The molecule has 1 nitrogen and oxygen atoms in total. The van der Waals surface area contributed by atoms with Crippen LogP contribution in [0.4, 0.5) is 10.1 Å². The first-order chi connectivity index (χ1) is 9.61. The van der Waals surface area contributed by atoms with Crippen molar-refractivity contribution >= 4 is 21.6 Å². The van der Waals surface area contributed by atoms with E-state index < -0.39 is 0 Å². The first kappa shape index (κ1) is 13.6. The van der Waals surface area contributed by atoms with E-state index in [1.807, 2.05) is 13.0 Å². The second kappa shape index (κ2) is 5.57. The zero-order valence-electron chi connectivity index (χ0n) is 11.4. The van der Waals surface area contributed by atoms with Crippen molar-refractivity contribution in [3.8, 4) is 0 Å². The highest BCUT2D eigenvalue weighted by Crippen LogP contribution is 2.27. The summed E-state index contributed by atoms with van der Waals surface area (Å²) in [6.07, 6.45) is 3.15. The predicted molar refractivity (Wildman–Crippen MR) is 84.7 cm³/mol. The lowest BCUT2D eigenvalue weighted by atomic mass is 9.88. The van der Waals surface area contributed by atoms with Crippen LogP contribution in [0.25, 0.3) is 0 Å². The highest BCUT2D eigenvalue weighted by molar-refractivity contribution is 9.10. The Hall–Kier alpha value is -1.35. The summed E-state index contributed by atoms with van der Waals surface area (Å²) in [6.45, 7) is 2.01. The molecule has 2 aromatic carbocycles. The van der Waals surface area contributed by atoms with Gasteiger partial charge in [0.25, 0.3) is 0 Å². The minimum Gasteiger partial charge on any atom is -0.382 e. The fourth-order valence-electron chi connectivity index (χ4n) is 2.82.